The number of benzene rings is 1. The third-order valence-electron chi connectivity index (χ3n) is 3.94. The van der Waals surface area contributed by atoms with Gasteiger partial charge in [0.2, 0.25) is 5.95 Å². The fourth-order valence-corrected chi connectivity index (χ4v) is 2.93. The van der Waals surface area contributed by atoms with Gasteiger partial charge in [-0.15, -0.1) is 0 Å². The van der Waals surface area contributed by atoms with E-state index in [2.05, 4.69) is 46.9 Å². The Kier molecular flexibility index (Phi) is 3.28. The van der Waals surface area contributed by atoms with E-state index in [0.29, 0.717) is 6.04 Å². The molecular weight excluding hydrogens is 234 g/mol. The minimum atomic E-state index is 0.590. The minimum Gasteiger partial charge on any atom is -0.353 e. The number of anilines is 1. The molecular formula is C16H21N3. The molecule has 100 valence electrons. The minimum absolute atomic E-state index is 0.590. The van der Waals surface area contributed by atoms with Crippen LogP contribution in [0.25, 0.3) is 5.69 Å². The Morgan fingerprint density at radius 1 is 1.21 bits per heavy atom. The summed E-state index contributed by atoms with van der Waals surface area (Å²) < 4.78 is 2.16. The van der Waals surface area contributed by atoms with Gasteiger partial charge in [0.05, 0.1) is 5.69 Å². The molecule has 0 amide bonds. The van der Waals surface area contributed by atoms with E-state index in [1.807, 2.05) is 12.4 Å². The van der Waals surface area contributed by atoms with E-state index in [0.717, 1.165) is 5.95 Å². The lowest BCUT2D eigenvalue weighted by atomic mass is 10.1. The van der Waals surface area contributed by atoms with Crippen molar-refractivity contribution < 1.29 is 0 Å². The Hall–Kier alpha value is -1.77. The van der Waals surface area contributed by atoms with Crippen LogP contribution in [0.3, 0.4) is 0 Å². The van der Waals surface area contributed by atoms with Crippen LogP contribution >= 0.6 is 0 Å². The summed E-state index contributed by atoms with van der Waals surface area (Å²) in [4.78, 5) is 4.47. The highest BCUT2D eigenvalue weighted by atomic mass is 15.2. The predicted molar refractivity (Wildman–Crippen MR) is 78.9 cm³/mol. The summed E-state index contributed by atoms with van der Waals surface area (Å²) in [6, 6.07) is 7.13. The zero-order valence-electron chi connectivity index (χ0n) is 11.7. The first-order valence-corrected chi connectivity index (χ1v) is 7.11. The first-order valence-electron chi connectivity index (χ1n) is 7.11. The smallest absolute Gasteiger partial charge is 0.207 e. The zero-order chi connectivity index (χ0) is 13.2. The van der Waals surface area contributed by atoms with Gasteiger partial charge in [-0.1, -0.05) is 30.5 Å². The topological polar surface area (TPSA) is 29.9 Å². The summed E-state index contributed by atoms with van der Waals surface area (Å²) >= 11 is 0. The highest BCUT2D eigenvalue weighted by Crippen LogP contribution is 2.24. The van der Waals surface area contributed by atoms with E-state index in [4.69, 9.17) is 0 Å². The van der Waals surface area contributed by atoms with Gasteiger partial charge in [-0.3, -0.25) is 4.57 Å². The number of rotatable bonds is 3. The molecule has 19 heavy (non-hydrogen) atoms. The summed E-state index contributed by atoms with van der Waals surface area (Å²) in [5.41, 5.74) is 3.79. The second kappa shape index (κ2) is 5.08. The van der Waals surface area contributed by atoms with Gasteiger partial charge >= 0.3 is 0 Å². The fourth-order valence-electron chi connectivity index (χ4n) is 2.93. The third-order valence-corrected chi connectivity index (χ3v) is 3.94. The first-order chi connectivity index (χ1) is 9.24. The van der Waals surface area contributed by atoms with Crippen molar-refractivity contribution >= 4 is 5.95 Å². The third kappa shape index (κ3) is 2.50. The van der Waals surface area contributed by atoms with E-state index in [-0.39, 0.29) is 0 Å². The lowest BCUT2D eigenvalue weighted by Crippen LogP contribution is -2.17. The molecule has 1 aromatic heterocycles. The van der Waals surface area contributed by atoms with Crippen LogP contribution in [0.15, 0.2) is 30.6 Å². The molecule has 1 aliphatic rings. The van der Waals surface area contributed by atoms with E-state index >= 15 is 0 Å². The van der Waals surface area contributed by atoms with Crippen molar-refractivity contribution in [3.8, 4) is 5.69 Å². The predicted octanol–water partition coefficient (Wildman–Crippen LogP) is 3.84. The van der Waals surface area contributed by atoms with Gasteiger partial charge in [0.25, 0.3) is 0 Å². The summed E-state index contributed by atoms with van der Waals surface area (Å²) in [6.07, 6.45) is 9.11. The van der Waals surface area contributed by atoms with Crippen molar-refractivity contribution in [1.29, 1.82) is 0 Å². The lowest BCUT2D eigenvalue weighted by molar-refractivity contribution is 0.740. The Morgan fingerprint density at radius 3 is 2.74 bits per heavy atom. The van der Waals surface area contributed by atoms with Crippen LogP contribution in [0.5, 0.6) is 0 Å². The molecule has 1 N–H and O–H groups in total. The van der Waals surface area contributed by atoms with Crippen LogP contribution in [0.4, 0.5) is 5.95 Å². The number of aryl methyl sites for hydroxylation is 2. The van der Waals surface area contributed by atoms with Crippen molar-refractivity contribution in [1.82, 2.24) is 9.55 Å². The SMILES string of the molecule is Cc1ccc(-n2ccnc2NC2CCCC2)c(C)c1. The van der Waals surface area contributed by atoms with Crippen LogP contribution in [-0.4, -0.2) is 15.6 Å². The van der Waals surface area contributed by atoms with Gasteiger partial charge in [0, 0.05) is 18.4 Å². The molecule has 0 unspecified atom stereocenters. The van der Waals surface area contributed by atoms with Gasteiger partial charge in [0.15, 0.2) is 0 Å². The van der Waals surface area contributed by atoms with Crippen molar-refractivity contribution in [3.05, 3.63) is 41.7 Å². The largest absolute Gasteiger partial charge is 0.353 e. The van der Waals surface area contributed by atoms with Crippen molar-refractivity contribution in [3.63, 3.8) is 0 Å². The Morgan fingerprint density at radius 2 is 2.00 bits per heavy atom. The molecule has 1 aromatic carbocycles. The molecule has 3 heteroatoms. The molecule has 1 heterocycles. The van der Waals surface area contributed by atoms with Gasteiger partial charge in [0.1, 0.15) is 0 Å². The molecule has 0 bridgehead atoms. The second-order valence-corrected chi connectivity index (χ2v) is 5.54. The maximum atomic E-state index is 4.47. The van der Waals surface area contributed by atoms with E-state index in [1.165, 1.54) is 42.5 Å². The molecule has 0 aliphatic heterocycles. The van der Waals surface area contributed by atoms with E-state index in [1.54, 1.807) is 0 Å². The molecule has 3 nitrogen and oxygen atoms in total. The van der Waals surface area contributed by atoms with Gasteiger partial charge in [-0.2, -0.15) is 0 Å². The Bertz CT molecular complexity index is 565. The first kappa shape index (κ1) is 12.3. The molecule has 0 saturated heterocycles. The van der Waals surface area contributed by atoms with Crippen LogP contribution in [0.2, 0.25) is 0 Å². The molecule has 1 aliphatic carbocycles. The summed E-state index contributed by atoms with van der Waals surface area (Å²) in [7, 11) is 0. The normalized spacial score (nSPS) is 15.9. The van der Waals surface area contributed by atoms with Crippen molar-refractivity contribution in [2.75, 3.05) is 5.32 Å². The monoisotopic (exact) mass is 255 g/mol. The summed E-state index contributed by atoms with van der Waals surface area (Å²) in [6.45, 7) is 4.28. The zero-order valence-corrected chi connectivity index (χ0v) is 11.7. The maximum absolute atomic E-state index is 4.47. The lowest BCUT2D eigenvalue weighted by Gasteiger charge is -2.16. The number of hydrogen-bond donors (Lipinski definition) is 1. The molecule has 1 fully saturated rings. The van der Waals surface area contributed by atoms with Gasteiger partial charge in [-0.05, 0) is 38.3 Å². The van der Waals surface area contributed by atoms with Crippen LogP contribution in [0.1, 0.15) is 36.8 Å². The summed E-state index contributed by atoms with van der Waals surface area (Å²) in [5.74, 6) is 0.971. The fraction of sp³-hybridized carbons (Fsp3) is 0.438. The average Bonchev–Trinajstić information content (AvgIpc) is 3.02. The number of hydrogen-bond acceptors (Lipinski definition) is 2. The van der Waals surface area contributed by atoms with E-state index in [9.17, 15) is 0 Å². The van der Waals surface area contributed by atoms with Crippen molar-refractivity contribution in [2.45, 2.75) is 45.6 Å². The van der Waals surface area contributed by atoms with E-state index < -0.39 is 0 Å². The molecule has 1 saturated carbocycles. The number of aromatic nitrogens is 2. The number of nitrogens with zero attached hydrogens (tertiary/aromatic N) is 2. The number of imidazole rings is 1. The molecule has 0 spiro atoms. The Labute approximate surface area is 114 Å². The van der Waals surface area contributed by atoms with Crippen LogP contribution in [0, 0.1) is 13.8 Å². The maximum Gasteiger partial charge on any atom is 0.207 e. The van der Waals surface area contributed by atoms with Crippen LogP contribution < -0.4 is 5.32 Å². The molecule has 3 rings (SSSR count). The molecule has 0 atom stereocenters. The van der Waals surface area contributed by atoms with Gasteiger partial charge in [-0.25, -0.2) is 4.98 Å². The quantitative estimate of drug-likeness (QED) is 0.903. The Balaban J connectivity index is 1.90. The standard InChI is InChI=1S/C16H21N3/c1-12-7-8-15(13(2)11-12)19-10-9-17-16(19)18-14-5-3-4-6-14/h7-11,14H,3-6H2,1-2H3,(H,17,18). The number of nitrogens with one attached hydrogen (secondary N) is 1. The molecule has 2 aromatic rings. The highest BCUT2D eigenvalue weighted by Gasteiger charge is 2.17. The average molecular weight is 255 g/mol. The molecule has 0 radical (unpaired) electrons. The second-order valence-electron chi connectivity index (χ2n) is 5.54. The van der Waals surface area contributed by atoms with Crippen LogP contribution in [-0.2, 0) is 0 Å². The highest BCUT2D eigenvalue weighted by molar-refractivity contribution is 5.48. The van der Waals surface area contributed by atoms with Gasteiger partial charge < -0.3 is 5.32 Å². The van der Waals surface area contributed by atoms with Crippen molar-refractivity contribution in [2.24, 2.45) is 0 Å². The summed E-state index contributed by atoms with van der Waals surface area (Å²) in [5, 5.41) is 3.58.